The Hall–Kier alpha value is -2.52. The van der Waals surface area contributed by atoms with Crippen LogP contribution in [0.15, 0.2) is 55.2 Å². The molecular formula is C19H19N5O2S2. The van der Waals surface area contributed by atoms with Gasteiger partial charge in [-0.2, -0.15) is 5.10 Å². The number of ether oxygens (including phenoxy) is 1. The van der Waals surface area contributed by atoms with E-state index in [1.807, 2.05) is 35.7 Å². The lowest BCUT2D eigenvalue weighted by molar-refractivity contribution is -0.118. The lowest BCUT2D eigenvalue weighted by atomic mass is 10.2. The Kier molecular flexibility index (Phi) is 6.13. The van der Waals surface area contributed by atoms with Crippen LogP contribution in [0.4, 0.5) is 5.69 Å². The number of aromatic nitrogens is 4. The van der Waals surface area contributed by atoms with Gasteiger partial charge in [0.2, 0.25) is 0 Å². The molecule has 1 N–H and O–H groups in total. The van der Waals surface area contributed by atoms with Crippen molar-refractivity contribution in [1.82, 2.24) is 19.7 Å². The fourth-order valence-corrected chi connectivity index (χ4v) is 5.56. The average Bonchev–Trinajstić information content (AvgIpc) is 3.29. The third kappa shape index (κ3) is 4.85. The van der Waals surface area contributed by atoms with Crippen molar-refractivity contribution in [3.63, 3.8) is 0 Å². The standard InChI is InChI=1S/C19H19N5O2S2/c25-18(23-15-4-7-17(21-10-15)24-13-20-12-22-24)11-26-16-5-2-14(3-6-16)19-27-8-1-9-28-19/h2-7,10,12-13,19H,1,8-9,11H2,(H,23,25). The fraction of sp³-hybridized carbons (Fsp3) is 0.263. The van der Waals surface area contributed by atoms with E-state index in [9.17, 15) is 4.79 Å². The molecule has 144 valence electrons. The highest BCUT2D eigenvalue weighted by Crippen LogP contribution is 2.43. The predicted molar refractivity (Wildman–Crippen MR) is 112 cm³/mol. The highest BCUT2D eigenvalue weighted by atomic mass is 32.2. The molecule has 3 heterocycles. The number of nitrogens with one attached hydrogen (secondary N) is 1. The minimum Gasteiger partial charge on any atom is -0.484 e. The van der Waals surface area contributed by atoms with Crippen molar-refractivity contribution in [3.05, 3.63) is 60.8 Å². The molecule has 1 saturated heterocycles. The summed E-state index contributed by atoms with van der Waals surface area (Å²) in [6.45, 7) is -0.0584. The van der Waals surface area contributed by atoms with E-state index < -0.39 is 0 Å². The second kappa shape index (κ2) is 9.11. The summed E-state index contributed by atoms with van der Waals surface area (Å²) in [5.41, 5.74) is 1.89. The number of hydrogen-bond donors (Lipinski definition) is 1. The molecule has 0 aliphatic carbocycles. The van der Waals surface area contributed by atoms with Crippen molar-refractivity contribution >= 4 is 35.1 Å². The van der Waals surface area contributed by atoms with E-state index in [1.54, 1.807) is 29.3 Å². The fourth-order valence-electron chi connectivity index (χ4n) is 2.67. The van der Waals surface area contributed by atoms with Crippen LogP contribution in [0.25, 0.3) is 5.82 Å². The van der Waals surface area contributed by atoms with Crippen molar-refractivity contribution < 1.29 is 9.53 Å². The van der Waals surface area contributed by atoms with Crippen LogP contribution in [0.2, 0.25) is 0 Å². The van der Waals surface area contributed by atoms with Gasteiger partial charge >= 0.3 is 0 Å². The number of hydrogen-bond acceptors (Lipinski definition) is 7. The Morgan fingerprint density at radius 3 is 2.68 bits per heavy atom. The van der Waals surface area contributed by atoms with E-state index in [-0.39, 0.29) is 12.5 Å². The molecule has 2 aromatic heterocycles. The molecule has 1 aromatic carbocycles. The number of rotatable bonds is 6. The van der Waals surface area contributed by atoms with Crippen LogP contribution in [0, 0.1) is 0 Å². The lowest BCUT2D eigenvalue weighted by Crippen LogP contribution is -2.20. The van der Waals surface area contributed by atoms with Crippen LogP contribution in [0.5, 0.6) is 5.75 Å². The smallest absolute Gasteiger partial charge is 0.262 e. The number of nitrogens with zero attached hydrogens (tertiary/aromatic N) is 4. The summed E-state index contributed by atoms with van der Waals surface area (Å²) in [6, 6.07) is 11.5. The molecule has 0 saturated carbocycles. The predicted octanol–water partition coefficient (Wildman–Crippen LogP) is 3.55. The minimum absolute atomic E-state index is 0.0584. The summed E-state index contributed by atoms with van der Waals surface area (Å²) >= 11 is 3.97. The second-order valence-electron chi connectivity index (χ2n) is 6.08. The molecule has 7 nitrogen and oxygen atoms in total. The molecule has 0 radical (unpaired) electrons. The van der Waals surface area contributed by atoms with Crippen molar-refractivity contribution in [1.29, 1.82) is 0 Å². The monoisotopic (exact) mass is 413 g/mol. The number of carbonyl (C=O) groups is 1. The van der Waals surface area contributed by atoms with Gasteiger partial charge in [0, 0.05) is 0 Å². The number of benzene rings is 1. The molecule has 1 aliphatic heterocycles. The van der Waals surface area contributed by atoms with Gasteiger partial charge in [-0.1, -0.05) is 12.1 Å². The first-order valence-electron chi connectivity index (χ1n) is 8.85. The van der Waals surface area contributed by atoms with Crippen LogP contribution in [-0.2, 0) is 4.79 Å². The van der Waals surface area contributed by atoms with Crippen molar-refractivity contribution in [2.45, 2.75) is 11.0 Å². The lowest BCUT2D eigenvalue weighted by Gasteiger charge is -2.21. The molecule has 4 rings (SSSR count). The van der Waals surface area contributed by atoms with Gasteiger partial charge in [-0.25, -0.2) is 14.6 Å². The highest BCUT2D eigenvalue weighted by Gasteiger charge is 2.16. The number of amides is 1. The zero-order valence-corrected chi connectivity index (χ0v) is 16.7. The van der Waals surface area contributed by atoms with Crippen LogP contribution in [-0.4, -0.2) is 43.8 Å². The Balaban J connectivity index is 1.27. The van der Waals surface area contributed by atoms with Gasteiger partial charge in [-0.05, 0) is 47.8 Å². The quantitative estimate of drug-likeness (QED) is 0.662. The Morgan fingerprint density at radius 1 is 1.18 bits per heavy atom. The number of pyridine rings is 1. The molecule has 0 bridgehead atoms. The van der Waals surface area contributed by atoms with Gasteiger partial charge in [0.25, 0.3) is 5.91 Å². The first kappa shape index (κ1) is 18.8. The molecule has 1 aliphatic rings. The van der Waals surface area contributed by atoms with Gasteiger partial charge in [0.15, 0.2) is 12.4 Å². The van der Waals surface area contributed by atoms with Gasteiger partial charge < -0.3 is 10.1 Å². The molecule has 9 heteroatoms. The second-order valence-corrected chi connectivity index (χ2v) is 8.80. The van der Waals surface area contributed by atoms with Gasteiger partial charge in [-0.3, -0.25) is 4.79 Å². The number of thioether (sulfide) groups is 2. The third-order valence-electron chi connectivity index (χ3n) is 4.03. The summed E-state index contributed by atoms with van der Waals surface area (Å²) in [7, 11) is 0. The van der Waals surface area contributed by atoms with Crippen molar-refractivity contribution in [3.8, 4) is 11.6 Å². The van der Waals surface area contributed by atoms with Crippen molar-refractivity contribution in [2.75, 3.05) is 23.4 Å². The first-order chi connectivity index (χ1) is 13.8. The summed E-state index contributed by atoms with van der Waals surface area (Å²) in [4.78, 5) is 20.2. The summed E-state index contributed by atoms with van der Waals surface area (Å²) < 4.78 is 7.64. The van der Waals surface area contributed by atoms with Crippen molar-refractivity contribution in [2.24, 2.45) is 0 Å². The Labute approximate surface area is 171 Å². The molecule has 0 unspecified atom stereocenters. The highest BCUT2D eigenvalue weighted by molar-refractivity contribution is 8.16. The van der Waals surface area contributed by atoms with E-state index in [4.69, 9.17) is 4.74 Å². The molecule has 1 fully saturated rings. The SMILES string of the molecule is O=C(COc1ccc(C2SCCCS2)cc1)Nc1ccc(-n2cncn2)nc1. The maximum atomic E-state index is 12.1. The van der Waals surface area contributed by atoms with E-state index in [0.29, 0.717) is 21.8 Å². The molecular weight excluding hydrogens is 394 g/mol. The Bertz CT molecular complexity index is 895. The van der Waals surface area contributed by atoms with E-state index >= 15 is 0 Å². The summed E-state index contributed by atoms with van der Waals surface area (Å²) in [5.74, 6) is 3.50. The van der Waals surface area contributed by atoms with E-state index in [0.717, 1.165) is 0 Å². The summed E-state index contributed by atoms with van der Waals surface area (Å²) in [6.07, 6.45) is 5.85. The van der Waals surface area contributed by atoms with Gasteiger partial charge in [0.05, 0.1) is 16.5 Å². The molecule has 28 heavy (non-hydrogen) atoms. The number of carbonyl (C=O) groups excluding carboxylic acids is 1. The normalized spacial score (nSPS) is 14.6. The zero-order chi connectivity index (χ0) is 19.2. The van der Waals surface area contributed by atoms with E-state index in [2.05, 4.69) is 32.5 Å². The minimum atomic E-state index is -0.238. The maximum absolute atomic E-state index is 12.1. The Morgan fingerprint density at radius 2 is 2.00 bits per heavy atom. The van der Waals surface area contributed by atoms with Crippen LogP contribution in [0.1, 0.15) is 16.6 Å². The topological polar surface area (TPSA) is 81.9 Å². The third-order valence-corrected chi connectivity index (χ3v) is 7.05. The largest absolute Gasteiger partial charge is 0.484 e. The van der Waals surface area contributed by atoms with Crippen LogP contribution >= 0.6 is 23.5 Å². The average molecular weight is 414 g/mol. The van der Waals surface area contributed by atoms with E-state index in [1.165, 1.54) is 29.8 Å². The molecule has 0 spiro atoms. The summed E-state index contributed by atoms with van der Waals surface area (Å²) in [5, 5.41) is 6.78. The molecule has 0 atom stereocenters. The van der Waals surface area contributed by atoms with Crippen LogP contribution in [0.3, 0.4) is 0 Å². The maximum Gasteiger partial charge on any atom is 0.262 e. The van der Waals surface area contributed by atoms with Crippen LogP contribution < -0.4 is 10.1 Å². The number of anilines is 1. The van der Waals surface area contributed by atoms with Gasteiger partial charge in [-0.15, -0.1) is 23.5 Å². The molecule has 1 amide bonds. The molecule has 3 aromatic rings. The van der Waals surface area contributed by atoms with Gasteiger partial charge in [0.1, 0.15) is 18.4 Å². The zero-order valence-electron chi connectivity index (χ0n) is 15.0. The first-order valence-corrected chi connectivity index (χ1v) is 10.9.